The molecular formula is C52H33NOS. The van der Waals surface area contributed by atoms with E-state index in [-0.39, 0.29) is 0 Å². The van der Waals surface area contributed by atoms with E-state index in [0.717, 1.165) is 55.7 Å². The Balaban J connectivity index is 1.21. The van der Waals surface area contributed by atoms with Crippen LogP contribution in [-0.2, 0) is 0 Å². The summed E-state index contributed by atoms with van der Waals surface area (Å²) in [7, 11) is 0. The number of hydrogen-bond acceptors (Lipinski definition) is 3. The van der Waals surface area contributed by atoms with Crippen LogP contribution >= 0.6 is 11.3 Å². The third kappa shape index (κ3) is 5.32. The van der Waals surface area contributed by atoms with Crippen molar-refractivity contribution in [2.24, 2.45) is 0 Å². The summed E-state index contributed by atoms with van der Waals surface area (Å²) in [5.74, 6) is 0. The van der Waals surface area contributed by atoms with Crippen LogP contribution in [0.15, 0.2) is 205 Å². The number of benzene rings is 9. The highest BCUT2D eigenvalue weighted by Gasteiger charge is 2.23. The molecule has 9 aromatic carbocycles. The largest absolute Gasteiger partial charge is 0.456 e. The number of thiophene rings is 1. The zero-order valence-corrected chi connectivity index (χ0v) is 30.6. The van der Waals surface area contributed by atoms with Crippen LogP contribution in [0, 0.1) is 0 Å². The molecule has 2 aromatic heterocycles. The fourth-order valence-electron chi connectivity index (χ4n) is 8.30. The zero-order chi connectivity index (χ0) is 36.3. The summed E-state index contributed by atoms with van der Waals surface area (Å²) in [4.78, 5) is 2.49. The van der Waals surface area contributed by atoms with E-state index in [0.29, 0.717) is 0 Å². The number of rotatable bonds is 6. The second-order valence-electron chi connectivity index (χ2n) is 14.1. The van der Waals surface area contributed by atoms with E-state index >= 15 is 0 Å². The standard InChI is InChI=1S/C52H33NOS/c1-2-14-35(15-3-1)41-30-29-38(37-28-27-34-13-4-5-16-36(34)31-37)33-46(41)53(45-22-12-26-50-52(45)44-20-7-9-25-49(44)55-50)40-18-10-17-39(32-40)42-21-11-24-48-51(42)43-19-6-8-23-47(43)54-48/h1-33H. The first kappa shape index (κ1) is 31.6. The fourth-order valence-corrected chi connectivity index (χ4v) is 9.43. The molecule has 0 amide bonds. The van der Waals surface area contributed by atoms with Gasteiger partial charge in [-0.05, 0) is 93.2 Å². The van der Waals surface area contributed by atoms with Gasteiger partial charge in [0.05, 0.1) is 11.4 Å². The lowest BCUT2D eigenvalue weighted by Gasteiger charge is -2.30. The van der Waals surface area contributed by atoms with E-state index in [1.807, 2.05) is 17.4 Å². The third-order valence-corrected chi connectivity index (χ3v) is 12.0. The highest BCUT2D eigenvalue weighted by atomic mass is 32.1. The highest BCUT2D eigenvalue weighted by Crippen LogP contribution is 2.49. The van der Waals surface area contributed by atoms with Crippen molar-refractivity contribution in [3.8, 4) is 33.4 Å². The maximum atomic E-state index is 6.35. The second-order valence-corrected chi connectivity index (χ2v) is 15.2. The van der Waals surface area contributed by atoms with Gasteiger partial charge in [0.2, 0.25) is 0 Å². The van der Waals surface area contributed by atoms with Crippen LogP contribution in [0.1, 0.15) is 0 Å². The molecule has 0 bridgehead atoms. The highest BCUT2D eigenvalue weighted by molar-refractivity contribution is 7.26. The summed E-state index contributed by atoms with van der Waals surface area (Å²) in [6.07, 6.45) is 0. The molecule has 55 heavy (non-hydrogen) atoms. The third-order valence-electron chi connectivity index (χ3n) is 10.8. The van der Waals surface area contributed by atoms with Crippen LogP contribution in [0.3, 0.4) is 0 Å². The van der Waals surface area contributed by atoms with Gasteiger partial charge in [0.25, 0.3) is 0 Å². The quantitative estimate of drug-likeness (QED) is 0.170. The van der Waals surface area contributed by atoms with E-state index < -0.39 is 0 Å². The molecule has 11 aromatic rings. The fraction of sp³-hybridized carbons (Fsp3) is 0. The Bertz CT molecular complexity index is 3230. The van der Waals surface area contributed by atoms with Crippen molar-refractivity contribution < 1.29 is 4.42 Å². The first-order valence-electron chi connectivity index (χ1n) is 18.7. The smallest absolute Gasteiger partial charge is 0.136 e. The summed E-state index contributed by atoms with van der Waals surface area (Å²) in [5, 5.41) is 7.25. The molecule has 0 aliphatic heterocycles. The Morgan fingerprint density at radius 1 is 0.364 bits per heavy atom. The molecule has 0 aliphatic carbocycles. The molecule has 0 aliphatic rings. The topological polar surface area (TPSA) is 16.4 Å². The molecule has 3 heteroatoms. The van der Waals surface area contributed by atoms with Crippen LogP contribution in [-0.4, -0.2) is 0 Å². The van der Waals surface area contributed by atoms with Crippen LogP contribution in [0.5, 0.6) is 0 Å². The first-order chi connectivity index (χ1) is 27.3. The molecule has 2 nitrogen and oxygen atoms in total. The monoisotopic (exact) mass is 719 g/mol. The Kier molecular flexibility index (Phi) is 7.39. The van der Waals surface area contributed by atoms with Crippen molar-refractivity contribution in [3.63, 3.8) is 0 Å². The van der Waals surface area contributed by atoms with E-state index in [1.165, 1.54) is 47.6 Å². The predicted octanol–water partition coefficient (Wildman–Crippen LogP) is 15.6. The zero-order valence-electron chi connectivity index (χ0n) is 29.8. The molecule has 0 saturated carbocycles. The van der Waals surface area contributed by atoms with Gasteiger partial charge in [0.15, 0.2) is 0 Å². The first-order valence-corrected chi connectivity index (χ1v) is 19.5. The molecule has 2 heterocycles. The minimum Gasteiger partial charge on any atom is -0.456 e. The molecule has 0 fully saturated rings. The van der Waals surface area contributed by atoms with Gasteiger partial charge in [-0.1, -0.05) is 146 Å². The van der Waals surface area contributed by atoms with Gasteiger partial charge >= 0.3 is 0 Å². The summed E-state index contributed by atoms with van der Waals surface area (Å²) < 4.78 is 8.90. The average molecular weight is 720 g/mol. The Morgan fingerprint density at radius 2 is 1.05 bits per heavy atom. The Labute approximate surface area is 322 Å². The number of furan rings is 1. The Morgan fingerprint density at radius 3 is 1.98 bits per heavy atom. The lowest BCUT2D eigenvalue weighted by Crippen LogP contribution is -2.12. The van der Waals surface area contributed by atoms with E-state index in [9.17, 15) is 0 Å². The summed E-state index contributed by atoms with van der Waals surface area (Å²) in [6, 6.07) is 72.4. The molecular weight excluding hydrogens is 687 g/mol. The van der Waals surface area contributed by atoms with Crippen molar-refractivity contribution in [2.45, 2.75) is 0 Å². The van der Waals surface area contributed by atoms with Crippen molar-refractivity contribution >= 4 is 81.3 Å². The van der Waals surface area contributed by atoms with Crippen LogP contribution in [0.25, 0.3) is 86.3 Å². The van der Waals surface area contributed by atoms with Crippen LogP contribution < -0.4 is 4.90 Å². The van der Waals surface area contributed by atoms with E-state index in [2.05, 4.69) is 199 Å². The van der Waals surface area contributed by atoms with Gasteiger partial charge < -0.3 is 9.32 Å². The van der Waals surface area contributed by atoms with Gasteiger partial charge in [0.1, 0.15) is 11.2 Å². The molecule has 0 unspecified atom stereocenters. The molecule has 11 rings (SSSR count). The molecule has 0 spiro atoms. The van der Waals surface area contributed by atoms with Gasteiger partial charge in [-0.3, -0.25) is 0 Å². The molecule has 0 radical (unpaired) electrons. The van der Waals surface area contributed by atoms with Gasteiger partial charge in [0, 0.05) is 42.2 Å². The number of fused-ring (bicyclic) bond motifs is 7. The predicted molar refractivity (Wildman–Crippen MR) is 235 cm³/mol. The maximum absolute atomic E-state index is 6.35. The van der Waals surface area contributed by atoms with Gasteiger partial charge in [-0.15, -0.1) is 11.3 Å². The minimum absolute atomic E-state index is 0.893. The number of anilines is 3. The lowest BCUT2D eigenvalue weighted by atomic mass is 9.94. The van der Waals surface area contributed by atoms with Gasteiger partial charge in [-0.25, -0.2) is 0 Å². The second kappa shape index (κ2) is 12.9. The summed E-state index contributed by atoms with van der Waals surface area (Å²) in [5.41, 5.74) is 12.1. The normalized spacial score (nSPS) is 11.6. The molecule has 0 saturated heterocycles. The number of hydrogen-bond donors (Lipinski definition) is 0. The van der Waals surface area contributed by atoms with Crippen LogP contribution in [0.4, 0.5) is 17.1 Å². The van der Waals surface area contributed by atoms with Crippen LogP contribution in [0.2, 0.25) is 0 Å². The molecule has 258 valence electrons. The lowest BCUT2D eigenvalue weighted by molar-refractivity contribution is 0.669. The average Bonchev–Trinajstić information content (AvgIpc) is 3.83. The molecule has 0 N–H and O–H groups in total. The number of para-hydroxylation sites is 1. The Hall–Kier alpha value is -6.94. The number of nitrogens with zero attached hydrogens (tertiary/aromatic N) is 1. The van der Waals surface area contributed by atoms with Gasteiger partial charge in [-0.2, -0.15) is 0 Å². The SMILES string of the molecule is c1ccc(-c2ccc(-c3ccc4ccccc4c3)cc2N(c2cccc(-c3cccc4oc5ccccc5c34)c2)c2cccc3sc4ccccc4c23)cc1. The maximum Gasteiger partial charge on any atom is 0.136 e. The van der Waals surface area contributed by atoms with Crippen molar-refractivity contribution in [3.05, 3.63) is 200 Å². The van der Waals surface area contributed by atoms with E-state index in [4.69, 9.17) is 4.42 Å². The minimum atomic E-state index is 0.893. The van der Waals surface area contributed by atoms with Crippen molar-refractivity contribution in [1.82, 2.24) is 0 Å². The van der Waals surface area contributed by atoms with Crippen molar-refractivity contribution in [1.29, 1.82) is 0 Å². The summed E-state index contributed by atoms with van der Waals surface area (Å²) >= 11 is 1.85. The summed E-state index contributed by atoms with van der Waals surface area (Å²) in [6.45, 7) is 0. The molecule has 0 atom stereocenters. The van der Waals surface area contributed by atoms with E-state index in [1.54, 1.807) is 0 Å². The van der Waals surface area contributed by atoms with Crippen molar-refractivity contribution in [2.75, 3.05) is 4.90 Å².